The summed E-state index contributed by atoms with van der Waals surface area (Å²) < 4.78 is 5.09. The number of hydrogen-bond acceptors (Lipinski definition) is 2. The molecule has 1 unspecified atom stereocenters. The maximum atomic E-state index is 10.6. The first-order valence-corrected chi connectivity index (χ1v) is 7.05. The fourth-order valence-corrected chi connectivity index (χ4v) is 2.59. The van der Waals surface area contributed by atoms with Gasteiger partial charge in [0.1, 0.15) is 6.10 Å². The average molecular weight is 258 g/mol. The van der Waals surface area contributed by atoms with E-state index in [-0.39, 0.29) is 0 Å². The van der Waals surface area contributed by atoms with Gasteiger partial charge in [-0.05, 0) is 47.6 Å². The van der Waals surface area contributed by atoms with Crippen LogP contribution in [0, 0.1) is 0 Å². The molecule has 2 rings (SSSR count). The number of benzene rings is 1. The van der Waals surface area contributed by atoms with E-state index in [9.17, 15) is 5.11 Å². The van der Waals surface area contributed by atoms with Crippen molar-refractivity contribution in [1.29, 1.82) is 0 Å². The van der Waals surface area contributed by atoms with Crippen LogP contribution in [-0.2, 0) is 19.3 Å². The Hall–Kier alpha value is -1.54. The SMILES string of the molecule is CCc1cc(CC)c(C(O)c2ccoc2)c(CC)c1. The van der Waals surface area contributed by atoms with Gasteiger partial charge in [-0.2, -0.15) is 0 Å². The summed E-state index contributed by atoms with van der Waals surface area (Å²) in [5.41, 5.74) is 5.71. The van der Waals surface area contributed by atoms with E-state index in [2.05, 4.69) is 32.9 Å². The Labute approximate surface area is 115 Å². The second-order valence-electron chi connectivity index (χ2n) is 4.85. The molecule has 0 saturated carbocycles. The van der Waals surface area contributed by atoms with Crippen LogP contribution in [0.2, 0.25) is 0 Å². The zero-order valence-electron chi connectivity index (χ0n) is 11.9. The van der Waals surface area contributed by atoms with Crippen LogP contribution in [0.15, 0.2) is 35.1 Å². The van der Waals surface area contributed by atoms with Gasteiger partial charge in [0.2, 0.25) is 0 Å². The Morgan fingerprint density at radius 3 is 2.11 bits per heavy atom. The van der Waals surface area contributed by atoms with Crippen LogP contribution in [0.1, 0.15) is 54.7 Å². The predicted octanol–water partition coefficient (Wildman–Crippen LogP) is 4.05. The quantitative estimate of drug-likeness (QED) is 0.877. The van der Waals surface area contributed by atoms with Crippen molar-refractivity contribution in [2.45, 2.75) is 46.1 Å². The standard InChI is InChI=1S/C17H22O2/c1-4-12-9-13(5-2)16(14(6-3)10-12)17(18)15-7-8-19-11-15/h7-11,17-18H,4-6H2,1-3H3. The van der Waals surface area contributed by atoms with Gasteiger partial charge in [-0.25, -0.2) is 0 Å². The average Bonchev–Trinajstić information content (AvgIpc) is 2.99. The molecule has 0 aliphatic carbocycles. The Bertz CT molecular complexity index is 501. The summed E-state index contributed by atoms with van der Waals surface area (Å²) in [5.74, 6) is 0. The maximum Gasteiger partial charge on any atom is 0.108 e. The van der Waals surface area contributed by atoms with Crippen molar-refractivity contribution < 1.29 is 9.52 Å². The van der Waals surface area contributed by atoms with E-state index in [1.807, 2.05) is 6.07 Å². The minimum Gasteiger partial charge on any atom is -0.472 e. The molecule has 0 spiro atoms. The van der Waals surface area contributed by atoms with Gasteiger partial charge >= 0.3 is 0 Å². The molecule has 0 saturated heterocycles. The fraction of sp³-hybridized carbons (Fsp3) is 0.412. The van der Waals surface area contributed by atoms with E-state index in [4.69, 9.17) is 4.42 Å². The number of rotatable bonds is 5. The number of aryl methyl sites for hydroxylation is 3. The molecule has 19 heavy (non-hydrogen) atoms. The number of aliphatic hydroxyl groups is 1. The molecule has 0 radical (unpaired) electrons. The second kappa shape index (κ2) is 6.07. The minimum atomic E-state index is -0.588. The van der Waals surface area contributed by atoms with Crippen LogP contribution < -0.4 is 0 Å². The molecule has 1 aromatic heterocycles. The van der Waals surface area contributed by atoms with Gasteiger partial charge in [0.25, 0.3) is 0 Å². The van der Waals surface area contributed by atoms with Gasteiger partial charge in [0.05, 0.1) is 12.5 Å². The summed E-state index contributed by atoms with van der Waals surface area (Å²) in [7, 11) is 0. The van der Waals surface area contributed by atoms with Gasteiger partial charge in [-0.15, -0.1) is 0 Å². The third kappa shape index (κ3) is 2.74. The van der Waals surface area contributed by atoms with E-state index in [1.165, 1.54) is 16.7 Å². The van der Waals surface area contributed by atoms with Crippen LogP contribution in [0.25, 0.3) is 0 Å². The summed E-state index contributed by atoms with van der Waals surface area (Å²) in [5, 5.41) is 10.6. The number of hydrogen-bond donors (Lipinski definition) is 1. The van der Waals surface area contributed by atoms with Crippen molar-refractivity contribution in [3.63, 3.8) is 0 Å². The number of furan rings is 1. The van der Waals surface area contributed by atoms with Crippen LogP contribution in [-0.4, -0.2) is 5.11 Å². The van der Waals surface area contributed by atoms with Crippen molar-refractivity contribution in [2.24, 2.45) is 0 Å². The lowest BCUT2D eigenvalue weighted by atomic mass is 9.88. The Kier molecular flexibility index (Phi) is 4.43. The van der Waals surface area contributed by atoms with E-state index >= 15 is 0 Å². The van der Waals surface area contributed by atoms with E-state index in [0.29, 0.717) is 0 Å². The van der Waals surface area contributed by atoms with Crippen LogP contribution >= 0.6 is 0 Å². The highest BCUT2D eigenvalue weighted by Crippen LogP contribution is 2.30. The Balaban J connectivity index is 2.54. The second-order valence-corrected chi connectivity index (χ2v) is 4.85. The fourth-order valence-electron chi connectivity index (χ4n) is 2.59. The predicted molar refractivity (Wildman–Crippen MR) is 77.3 cm³/mol. The molecular weight excluding hydrogens is 236 g/mol. The smallest absolute Gasteiger partial charge is 0.108 e. The van der Waals surface area contributed by atoms with Crippen LogP contribution in [0.4, 0.5) is 0 Å². The van der Waals surface area contributed by atoms with Gasteiger partial charge in [0, 0.05) is 5.56 Å². The van der Waals surface area contributed by atoms with Crippen LogP contribution in [0.3, 0.4) is 0 Å². The largest absolute Gasteiger partial charge is 0.472 e. The zero-order chi connectivity index (χ0) is 13.8. The molecule has 1 N–H and O–H groups in total. The topological polar surface area (TPSA) is 33.4 Å². The molecule has 0 aliphatic rings. The summed E-state index contributed by atoms with van der Waals surface area (Å²) in [6.45, 7) is 6.44. The van der Waals surface area contributed by atoms with E-state index in [0.717, 1.165) is 30.4 Å². The molecule has 0 bridgehead atoms. The molecule has 0 aliphatic heterocycles. The Morgan fingerprint density at radius 1 is 1.05 bits per heavy atom. The van der Waals surface area contributed by atoms with Crippen molar-refractivity contribution in [3.05, 3.63) is 58.5 Å². The Morgan fingerprint density at radius 2 is 1.68 bits per heavy atom. The third-order valence-electron chi connectivity index (χ3n) is 3.71. The molecule has 2 nitrogen and oxygen atoms in total. The normalized spacial score (nSPS) is 12.6. The summed E-state index contributed by atoms with van der Waals surface area (Å²) >= 11 is 0. The van der Waals surface area contributed by atoms with Crippen molar-refractivity contribution >= 4 is 0 Å². The maximum absolute atomic E-state index is 10.6. The molecule has 1 heterocycles. The zero-order valence-corrected chi connectivity index (χ0v) is 11.9. The summed E-state index contributed by atoms with van der Waals surface area (Å²) in [6, 6.07) is 6.27. The lowest BCUT2D eigenvalue weighted by Crippen LogP contribution is -2.08. The van der Waals surface area contributed by atoms with E-state index < -0.39 is 6.10 Å². The van der Waals surface area contributed by atoms with Crippen molar-refractivity contribution in [3.8, 4) is 0 Å². The lowest BCUT2D eigenvalue weighted by Gasteiger charge is -2.19. The first-order chi connectivity index (χ1) is 9.21. The van der Waals surface area contributed by atoms with Gasteiger partial charge in [-0.1, -0.05) is 32.9 Å². The summed E-state index contributed by atoms with van der Waals surface area (Å²) in [4.78, 5) is 0. The monoisotopic (exact) mass is 258 g/mol. The third-order valence-corrected chi connectivity index (χ3v) is 3.71. The van der Waals surface area contributed by atoms with Gasteiger partial charge in [-0.3, -0.25) is 0 Å². The molecule has 2 heteroatoms. The highest BCUT2D eigenvalue weighted by Gasteiger charge is 2.19. The first kappa shape index (κ1) is 13.9. The highest BCUT2D eigenvalue weighted by atomic mass is 16.3. The number of aliphatic hydroxyl groups excluding tert-OH is 1. The molecule has 102 valence electrons. The molecular formula is C17H22O2. The molecule has 2 aromatic rings. The van der Waals surface area contributed by atoms with Crippen molar-refractivity contribution in [2.75, 3.05) is 0 Å². The van der Waals surface area contributed by atoms with E-state index in [1.54, 1.807) is 12.5 Å². The first-order valence-electron chi connectivity index (χ1n) is 7.05. The van der Waals surface area contributed by atoms with Crippen molar-refractivity contribution in [1.82, 2.24) is 0 Å². The summed E-state index contributed by atoms with van der Waals surface area (Å²) in [6.07, 6.45) is 5.54. The molecule has 1 atom stereocenters. The van der Waals surface area contributed by atoms with Crippen LogP contribution in [0.5, 0.6) is 0 Å². The lowest BCUT2D eigenvalue weighted by molar-refractivity contribution is 0.217. The van der Waals surface area contributed by atoms with Gasteiger partial charge < -0.3 is 9.52 Å². The molecule has 0 fully saturated rings. The van der Waals surface area contributed by atoms with Gasteiger partial charge in [0.15, 0.2) is 0 Å². The molecule has 1 aromatic carbocycles. The minimum absolute atomic E-state index is 0.588. The highest BCUT2D eigenvalue weighted by molar-refractivity contribution is 5.44. The molecule has 0 amide bonds.